The topological polar surface area (TPSA) is 27.7 Å². The quantitative estimate of drug-likeness (QED) is 0.683. The Morgan fingerprint density at radius 1 is 1.26 bits per heavy atom. The van der Waals surface area contributed by atoms with Gasteiger partial charge in [0.2, 0.25) is 0 Å². The van der Waals surface area contributed by atoms with E-state index >= 15 is 0 Å². The zero-order valence-corrected chi connectivity index (χ0v) is 15.4. The lowest BCUT2D eigenvalue weighted by molar-refractivity contribution is 0.0283. The van der Waals surface area contributed by atoms with E-state index < -0.39 is 5.60 Å². The maximum atomic E-state index is 5.77. The first-order valence-corrected chi connectivity index (χ1v) is 8.27. The number of allylic oxidation sites excluding steroid dienone is 4. The minimum atomic E-state index is -0.396. The molecule has 3 nitrogen and oxygen atoms in total. The van der Waals surface area contributed by atoms with Crippen molar-refractivity contribution in [3.05, 3.63) is 47.0 Å². The molecular weight excluding hydrogens is 288 g/mol. The zero-order chi connectivity index (χ0) is 17.2. The molecule has 23 heavy (non-hydrogen) atoms. The molecule has 0 aromatic carbocycles. The van der Waals surface area contributed by atoms with Crippen LogP contribution in [0.4, 0.5) is 0 Å². The summed E-state index contributed by atoms with van der Waals surface area (Å²) in [5, 5.41) is 0. The van der Waals surface area contributed by atoms with Crippen LogP contribution in [0.3, 0.4) is 0 Å². The van der Waals surface area contributed by atoms with E-state index in [1.165, 1.54) is 11.1 Å². The molecule has 0 saturated carbocycles. The third-order valence-electron chi connectivity index (χ3n) is 5.16. The molecule has 0 amide bonds. The summed E-state index contributed by atoms with van der Waals surface area (Å²) in [5.74, 6) is 2.49. The first-order valence-electron chi connectivity index (χ1n) is 8.27. The highest BCUT2D eigenvalue weighted by atomic mass is 16.5. The summed E-state index contributed by atoms with van der Waals surface area (Å²) >= 11 is 0. The summed E-state index contributed by atoms with van der Waals surface area (Å²) in [7, 11) is 5.18. The summed E-state index contributed by atoms with van der Waals surface area (Å²) in [6, 6.07) is 0. The molecule has 0 N–H and O–H groups in total. The number of methoxy groups -OCH3 is 3. The van der Waals surface area contributed by atoms with E-state index in [2.05, 4.69) is 39.5 Å². The summed E-state index contributed by atoms with van der Waals surface area (Å²) in [4.78, 5) is 0. The van der Waals surface area contributed by atoms with Gasteiger partial charge < -0.3 is 14.2 Å². The van der Waals surface area contributed by atoms with Gasteiger partial charge in [-0.3, -0.25) is 0 Å². The molecule has 3 atom stereocenters. The molecule has 0 bridgehead atoms. The molecule has 0 aliphatic heterocycles. The number of hydrogen-bond acceptors (Lipinski definition) is 3. The predicted octanol–water partition coefficient (Wildman–Crippen LogP) is 4.77. The van der Waals surface area contributed by atoms with Gasteiger partial charge >= 0.3 is 0 Å². The van der Waals surface area contributed by atoms with Crippen molar-refractivity contribution >= 4 is 0 Å². The molecule has 0 saturated heterocycles. The van der Waals surface area contributed by atoms with Crippen molar-refractivity contribution < 1.29 is 14.2 Å². The van der Waals surface area contributed by atoms with Gasteiger partial charge in [0, 0.05) is 25.0 Å². The van der Waals surface area contributed by atoms with Gasteiger partial charge in [0.05, 0.1) is 19.8 Å². The van der Waals surface area contributed by atoms with E-state index in [-0.39, 0.29) is 5.92 Å². The van der Waals surface area contributed by atoms with Crippen LogP contribution in [0.1, 0.15) is 40.0 Å². The van der Waals surface area contributed by atoms with Crippen LogP contribution in [0.25, 0.3) is 0 Å². The van der Waals surface area contributed by atoms with Crippen LogP contribution >= 0.6 is 0 Å². The second-order valence-corrected chi connectivity index (χ2v) is 6.98. The maximum Gasteiger partial charge on any atom is 0.124 e. The van der Waals surface area contributed by atoms with Gasteiger partial charge in [0.25, 0.3) is 0 Å². The summed E-state index contributed by atoms with van der Waals surface area (Å²) in [5.41, 5.74) is 3.39. The summed E-state index contributed by atoms with van der Waals surface area (Å²) < 4.78 is 17.2. The molecule has 0 aromatic rings. The standard InChI is InChI=1S/C20H30O3/c1-13(2)15-9-8-14(3)10-16(15)19-17(21-5)11-20(4,23-7)12-18(19)22-6/h10-11,15-16H,1,8-9,12H2,2-7H3/t15-,16+,20?/m0/s1. The first-order chi connectivity index (χ1) is 10.8. The van der Waals surface area contributed by atoms with Gasteiger partial charge in [-0.15, -0.1) is 0 Å². The molecule has 2 aliphatic carbocycles. The molecular formula is C20H30O3. The molecule has 0 fully saturated rings. The lowest BCUT2D eigenvalue weighted by atomic mass is 9.71. The Morgan fingerprint density at radius 2 is 1.96 bits per heavy atom. The predicted molar refractivity (Wildman–Crippen MR) is 93.9 cm³/mol. The summed E-state index contributed by atoms with van der Waals surface area (Å²) in [6.07, 6.45) is 7.42. The normalized spacial score (nSPS) is 31.4. The highest BCUT2D eigenvalue weighted by Gasteiger charge is 2.38. The van der Waals surface area contributed by atoms with Crippen LogP contribution in [-0.4, -0.2) is 26.9 Å². The van der Waals surface area contributed by atoms with Crippen molar-refractivity contribution in [2.75, 3.05) is 21.3 Å². The zero-order valence-electron chi connectivity index (χ0n) is 15.4. The Morgan fingerprint density at radius 3 is 2.48 bits per heavy atom. The molecule has 0 spiro atoms. The van der Waals surface area contributed by atoms with Crippen LogP contribution in [-0.2, 0) is 14.2 Å². The molecule has 1 unspecified atom stereocenters. The SMILES string of the molecule is C=C(C)[C@@H]1CCC(C)=C[C@H]1C1=C(OC)CC(C)(OC)C=C1OC. The molecule has 128 valence electrons. The molecule has 2 rings (SSSR count). The monoisotopic (exact) mass is 318 g/mol. The maximum absolute atomic E-state index is 5.77. The van der Waals surface area contributed by atoms with Crippen molar-refractivity contribution in [1.82, 2.24) is 0 Å². The van der Waals surface area contributed by atoms with Crippen molar-refractivity contribution in [3.8, 4) is 0 Å². The Kier molecular flexibility index (Phi) is 5.41. The Bertz CT molecular complexity index is 567. The van der Waals surface area contributed by atoms with Crippen LogP contribution in [0.2, 0.25) is 0 Å². The molecule has 0 aromatic heterocycles. The largest absolute Gasteiger partial charge is 0.501 e. The van der Waals surface area contributed by atoms with Crippen molar-refractivity contribution in [2.24, 2.45) is 11.8 Å². The summed E-state index contributed by atoms with van der Waals surface area (Å²) in [6.45, 7) is 10.6. The molecule has 0 radical (unpaired) electrons. The van der Waals surface area contributed by atoms with E-state index in [1.54, 1.807) is 21.3 Å². The lowest BCUT2D eigenvalue weighted by Gasteiger charge is -2.38. The van der Waals surface area contributed by atoms with Crippen molar-refractivity contribution in [1.29, 1.82) is 0 Å². The Labute approximate surface area is 140 Å². The minimum absolute atomic E-state index is 0.254. The highest BCUT2D eigenvalue weighted by molar-refractivity contribution is 5.42. The van der Waals surface area contributed by atoms with Gasteiger partial charge in [-0.05, 0) is 45.6 Å². The number of hydrogen-bond donors (Lipinski definition) is 0. The Hall–Kier alpha value is -1.48. The smallest absolute Gasteiger partial charge is 0.124 e. The van der Waals surface area contributed by atoms with Crippen LogP contribution in [0.5, 0.6) is 0 Å². The van der Waals surface area contributed by atoms with E-state index in [4.69, 9.17) is 14.2 Å². The lowest BCUT2D eigenvalue weighted by Crippen LogP contribution is -2.33. The molecule has 2 aliphatic rings. The third kappa shape index (κ3) is 3.55. The van der Waals surface area contributed by atoms with Gasteiger partial charge in [0.1, 0.15) is 11.5 Å². The van der Waals surface area contributed by atoms with E-state index in [0.29, 0.717) is 12.3 Å². The van der Waals surface area contributed by atoms with Crippen LogP contribution < -0.4 is 0 Å². The fraction of sp³-hybridized carbons (Fsp3) is 0.600. The van der Waals surface area contributed by atoms with Gasteiger partial charge in [-0.25, -0.2) is 0 Å². The fourth-order valence-corrected chi connectivity index (χ4v) is 3.70. The fourth-order valence-electron chi connectivity index (χ4n) is 3.70. The highest BCUT2D eigenvalue weighted by Crippen LogP contribution is 2.45. The average molecular weight is 318 g/mol. The third-order valence-corrected chi connectivity index (χ3v) is 5.16. The van der Waals surface area contributed by atoms with Crippen LogP contribution in [0, 0.1) is 11.8 Å². The minimum Gasteiger partial charge on any atom is -0.501 e. The second-order valence-electron chi connectivity index (χ2n) is 6.98. The molecule has 3 heteroatoms. The second kappa shape index (κ2) is 6.96. The number of ether oxygens (including phenoxy) is 3. The van der Waals surface area contributed by atoms with Crippen molar-refractivity contribution in [2.45, 2.75) is 45.6 Å². The van der Waals surface area contributed by atoms with E-state index in [0.717, 1.165) is 29.9 Å². The van der Waals surface area contributed by atoms with Gasteiger partial charge in [-0.1, -0.05) is 23.8 Å². The van der Waals surface area contributed by atoms with Crippen LogP contribution in [0.15, 0.2) is 47.0 Å². The first kappa shape index (κ1) is 17.9. The van der Waals surface area contributed by atoms with Gasteiger partial charge in [0.15, 0.2) is 0 Å². The van der Waals surface area contributed by atoms with E-state index in [9.17, 15) is 0 Å². The molecule has 0 heterocycles. The average Bonchev–Trinajstić information content (AvgIpc) is 2.53. The Balaban J connectivity index is 2.54. The number of rotatable bonds is 5. The van der Waals surface area contributed by atoms with Gasteiger partial charge in [-0.2, -0.15) is 0 Å². The van der Waals surface area contributed by atoms with E-state index in [1.807, 2.05) is 0 Å². The van der Waals surface area contributed by atoms with Crippen molar-refractivity contribution in [3.63, 3.8) is 0 Å².